The Kier molecular flexibility index (Phi) is 3.91. The molecule has 0 unspecified atom stereocenters. The number of benzene rings is 2. The van der Waals surface area contributed by atoms with Crippen molar-refractivity contribution < 1.29 is 14.1 Å². The molecule has 5 nitrogen and oxygen atoms in total. The second-order valence-electron chi connectivity index (χ2n) is 3.93. The van der Waals surface area contributed by atoms with Crippen LogP contribution in [0.4, 0.5) is 10.1 Å². The van der Waals surface area contributed by atoms with Gasteiger partial charge < -0.3 is 4.74 Å². The van der Waals surface area contributed by atoms with Crippen LogP contribution in [0, 0.1) is 27.3 Å². The van der Waals surface area contributed by atoms with Crippen LogP contribution < -0.4 is 4.74 Å². The highest BCUT2D eigenvalue weighted by atomic mass is 19.1. The van der Waals surface area contributed by atoms with Gasteiger partial charge in [0.05, 0.1) is 16.6 Å². The average molecular weight is 272 g/mol. The molecule has 2 aromatic carbocycles. The summed E-state index contributed by atoms with van der Waals surface area (Å²) in [6.07, 6.45) is 0. The first-order valence-corrected chi connectivity index (χ1v) is 5.66. The van der Waals surface area contributed by atoms with Gasteiger partial charge in [0.25, 0.3) is 0 Å². The van der Waals surface area contributed by atoms with E-state index in [1.807, 2.05) is 6.07 Å². The molecule has 0 N–H and O–H groups in total. The number of nitrogens with zero attached hydrogens (tertiary/aromatic N) is 2. The number of ether oxygens (including phenoxy) is 1. The molecule has 0 saturated heterocycles. The topological polar surface area (TPSA) is 76.2 Å². The van der Waals surface area contributed by atoms with Gasteiger partial charge in [0.1, 0.15) is 12.4 Å². The third-order valence-corrected chi connectivity index (χ3v) is 2.63. The summed E-state index contributed by atoms with van der Waals surface area (Å²) < 4.78 is 18.5. The maximum atomic E-state index is 13.1. The normalized spacial score (nSPS) is 9.80. The highest BCUT2D eigenvalue weighted by molar-refractivity contribution is 5.46. The fourth-order valence-electron chi connectivity index (χ4n) is 1.68. The van der Waals surface area contributed by atoms with Gasteiger partial charge in [0, 0.05) is 11.6 Å². The first kappa shape index (κ1) is 13.5. The van der Waals surface area contributed by atoms with Gasteiger partial charge in [0.15, 0.2) is 5.75 Å². The van der Waals surface area contributed by atoms with Gasteiger partial charge in [0.2, 0.25) is 0 Å². The van der Waals surface area contributed by atoms with Crippen LogP contribution in [0.15, 0.2) is 42.5 Å². The Labute approximate surface area is 114 Å². The van der Waals surface area contributed by atoms with Crippen LogP contribution in [-0.4, -0.2) is 4.92 Å². The lowest BCUT2D eigenvalue weighted by molar-refractivity contribution is -0.385. The Hall–Kier alpha value is -2.94. The van der Waals surface area contributed by atoms with Crippen LogP contribution in [0.3, 0.4) is 0 Å². The van der Waals surface area contributed by atoms with Crippen LogP contribution in [0.5, 0.6) is 5.75 Å². The van der Waals surface area contributed by atoms with E-state index in [1.54, 1.807) is 6.07 Å². The maximum Gasteiger partial charge on any atom is 0.310 e. The quantitative estimate of drug-likeness (QED) is 0.632. The van der Waals surface area contributed by atoms with Gasteiger partial charge in [-0.25, -0.2) is 4.39 Å². The molecule has 0 aliphatic heterocycles. The second kappa shape index (κ2) is 5.80. The summed E-state index contributed by atoms with van der Waals surface area (Å²) in [5, 5.41) is 19.7. The van der Waals surface area contributed by atoms with Gasteiger partial charge in [-0.3, -0.25) is 10.1 Å². The van der Waals surface area contributed by atoms with Gasteiger partial charge in [-0.1, -0.05) is 12.1 Å². The summed E-state index contributed by atoms with van der Waals surface area (Å²) in [5.41, 5.74) is 0.429. The Morgan fingerprint density at radius 2 is 2.05 bits per heavy atom. The lowest BCUT2D eigenvalue weighted by Crippen LogP contribution is -2.01. The molecule has 0 aliphatic rings. The molecule has 20 heavy (non-hydrogen) atoms. The van der Waals surface area contributed by atoms with Gasteiger partial charge >= 0.3 is 5.69 Å². The molecule has 0 spiro atoms. The van der Waals surface area contributed by atoms with E-state index in [0.29, 0.717) is 5.56 Å². The summed E-state index contributed by atoms with van der Waals surface area (Å²) in [5.74, 6) is -0.421. The fraction of sp³-hybridized carbons (Fsp3) is 0.0714. The monoisotopic (exact) mass is 272 g/mol. The molecule has 0 atom stereocenters. The number of rotatable bonds is 4. The molecular formula is C14H9FN2O3. The zero-order valence-electron chi connectivity index (χ0n) is 10.2. The predicted molar refractivity (Wildman–Crippen MR) is 68.5 cm³/mol. The minimum Gasteiger partial charge on any atom is -0.482 e. The third-order valence-electron chi connectivity index (χ3n) is 2.63. The van der Waals surface area contributed by atoms with Crippen molar-refractivity contribution in [2.24, 2.45) is 0 Å². The predicted octanol–water partition coefficient (Wildman–Crippen LogP) is 3.18. The largest absolute Gasteiger partial charge is 0.482 e. The van der Waals surface area contributed by atoms with E-state index in [1.165, 1.54) is 36.4 Å². The number of nitro groups is 1. The molecule has 0 aromatic heterocycles. The summed E-state index contributed by atoms with van der Waals surface area (Å²) in [6.45, 7) is -0.120. The molecule has 0 bridgehead atoms. The number of hydrogen-bond acceptors (Lipinski definition) is 4. The molecule has 2 rings (SSSR count). The van der Waals surface area contributed by atoms with E-state index in [0.717, 1.165) is 0 Å². The Morgan fingerprint density at radius 1 is 1.30 bits per heavy atom. The first-order chi connectivity index (χ1) is 9.61. The molecule has 0 amide bonds. The summed E-state index contributed by atoms with van der Waals surface area (Å²) >= 11 is 0. The van der Waals surface area contributed by atoms with E-state index in [2.05, 4.69) is 0 Å². The van der Waals surface area contributed by atoms with Crippen LogP contribution in [0.2, 0.25) is 0 Å². The molecule has 0 saturated carbocycles. The van der Waals surface area contributed by atoms with E-state index in [9.17, 15) is 14.5 Å². The van der Waals surface area contributed by atoms with Gasteiger partial charge in [-0.2, -0.15) is 5.26 Å². The molecule has 0 fully saturated rings. The molecule has 0 radical (unpaired) electrons. The lowest BCUT2D eigenvalue weighted by Gasteiger charge is -2.08. The number of halogens is 1. The number of para-hydroxylation sites is 2. The van der Waals surface area contributed by atoms with Crippen molar-refractivity contribution in [1.29, 1.82) is 5.26 Å². The highest BCUT2D eigenvalue weighted by Crippen LogP contribution is 2.27. The Morgan fingerprint density at radius 3 is 2.75 bits per heavy atom. The zero-order chi connectivity index (χ0) is 14.5. The summed E-state index contributed by atoms with van der Waals surface area (Å²) in [7, 11) is 0. The molecule has 6 heteroatoms. The minimum atomic E-state index is -0.563. The molecule has 0 heterocycles. The third kappa shape index (κ3) is 2.90. The fourth-order valence-corrected chi connectivity index (χ4v) is 1.68. The van der Waals surface area contributed by atoms with E-state index in [-0.39, 0.29) is 23.6 Å². The molecule has 2 aromatic rings. The average Bonchev–Trinajstić information content (AvgIpc) is 2.45. The van der Waals surface area contributed by atoms with Crippen LogP contribution in [0.1, 0.15) is 11.1 Å². The van der Waals surface area contributed by atoms with Crippen molar-refractivity contribution in [3.63, 3.8) is 0 Å². The SMILES string of the molecule is N#Cc1ccc(F)cc1COc1ccccc1[N+](=O)[O-]. The van der Waals surface area contributed by atoms with Gasteiger partial charge in [-0.15, -0.1) is 0 Å². The number of nitriles is 1. The lowest BCUT2D eigenvalue weighted by atomic mass is 10.1. The minimum absolute atomic E-state index is 0.0747. The van der Waals surface area contributed by atoms with Gasteiger partial charge in [-0.05, 0) is 24.3 Å². The standard InChI is InChI=1S/C14H9FN2O3/c15-12-6-5-10(8-16)11(7-12)9-20-14-4-2-1-3-13(14)17(18)19/h1-7H,9H2. The molecule has 100 valence electrons. The molecular weight excluding hydrogens is 263 g/mol. The number of nitro benzene ring substituents is 1. The number of hydrogen-bond donors (Lipinski definition) is 0. The van der Waals surface area contributed by atoms with E-state index < -0.39 is 10.7 Å². The maximum absolute atomic E-state index is 13.1. The van der Waals surface area contributed by atoms with Crippen LogP contribution in [-0.2, 0) is 6.61 Å². The van der Waals surface area contributed by atoms with Crippen LogP contribution >= 0.6 is 0 Å². The first-order valence-electron chi connectivity index (χ1n) is 5.66. The smallest absolute Gasteiger partial charge is 0.310 e. The summed E-state index contributed by atoms with van der Waals surface area (Å²) in [4.78, 5) is 10.3. The van der Waals surface area contributed by atoms with E-state index >= 15 is 0 Å². The summed E-state index contributed by atoms with van der Waals surface area (Å²) in [6, 6.07) is 11.5. The molecule has 0 aliphatic carbocycles. The van der Waals surface area contributed by atoms with Crippen molar-refractivity contribution in [1.82, 2.24) is 0 Å². The highest BCUT2D eigenvalue weighted by Gasteiger charge is 2.14. The van der Waals surface area contributed by atoms with Crippen molar-refractivity contribution in [3.8, 4) is 11.8 Å². The van der Waals surface area contributed by atoms with E-state index in [4.69, 9.17) is 10.00 Å². The second-order valence-corrected chi connectivity index (χ2v) is 3.93. The van der Waals surface area contributed by atoms with Crippen LogP contribution in [0.25, 0.3) is 0 Å². The Balaban J connectivity index is 2.24. The Bertz CT molecular complexity index is 695. The zero-order valence-corrected chi connectivity index (χ0v) is 10.2. The van der Waals surface area contributed by atoms with Crippen molar-refractivity contribution in [3.05, 3.63) is 69.5 Å². The van der Waals surface area contributed by atoms with Crippen molar-refractivity contribution in [2.75, 3.05) is 0 Å². The van der Waals surface area contributed by atoms with Crippen molar-refractivity contribution >= 4 is 5.69 Å². The van der Waals surface area contributed by atoms with Crippen molar-refractivity contribution in [2.45, 2.75) is 6.61 Å².